The smallest absolute Gasteiger partial charge is 0.392 e. The molecule has 0 saturated heterocycles. The molecule has 0 fully saturated rings. The van der Waals surface area contributed by atoms with Crippen molar-refractivity contribution >= 4 is 10.9 Å². The zero-order valence-electron chi connectivity index (χ0n) is 9.25. The molecular formula is C12H12F3NO. The molecule has 0 spiro atoms. The molecule has 1 heterocycles. The van der Waals surface area contributed by atoms with Crippen LogP contribution in [0.3, 0.4) is 0 Å². The minimum absolute atomic E-state index is 0.259. The second-order valence-electron chi connectivity index (χ2n) is 3.83. The molecule has 1 N–H and O–H groups in total. The summed E-state index contributed by atoms with van der Waals surface area (Å²) < 4.78 is 39.5. The second kappa shape index (κ2) is 4.07. The minimum Gasteiger partial charge on any atom is -0.392 e. The second-order valence-corrected chi connectivity index (χ2v) is 3.83. The maximum atomic E-state index is 12.6. The molecule has 0 aliphatic heterocycles. The molecule has 0 atom stereocenters. The number of hydrogen-bond acceptors (Lipinski definition) is 1. The number of aliphatic hydroxyl groups excluding tert-OH is 1. The Morgan fingerprint density at radius 1 is 1.29 bits per heavy atom. The van der Waals surface area contributed by atoms with Crippen molar-refractivity contribution < 1.29 is 18.3 Å². The van der Waals surface area contributed by atoms with Crippen LogP contribution < -0.4 is 0 Å². The lowest BCUT2D eigenvalue weighted by molar-refractivity contribution is -0.137. The van der Waals surface area contributed by atoms with Gasteiger partial charge in [0.25, 0.3) is 0 Å². The molecule has 17 heavy (non-hydrogen) atoms. The molecule has 92 valence electrons. The largest absolute Gasteiger partial charge is 0.416 e. The number of aliphatic hydroxyl groups is 1. The van der Waals surface area contributed by atoms with E-state index in [9.17, 15) is 13.2 Å². The lowest BCUT2D eigenvalue weighted by Gasteiger charge is -2.07. The Hall–Kier alpha value is -1.49. The maximum absolute atomic E-state index is 12.6. The van der Waals surface area contributed by atoms with Gasteiger partial charge in [-0.25, -0.2) is 0 Å². The molecule has 0 bridgehead atoms. The topological polar surface area (TPSA) is 25.2 Å². The fourth-order valence-corrected chi connectivity index (χ4v) is 1.93. The van der Waals surface area contributed by atoms with Gasteiger partial charge in [-0.1, -0.05) is 0 Å². The monoisotopic (exact) mass is 243 g/mol. The Balaban J connectivity index is 2.68. The van der Waals surface area contributed by atoms with Gasteiger partial charge >= 0.3 is 6.18 Å². The fraction of sp³-hybridized carbons (Fsp3) is 0.333. The molecule has 1 aromatic heterocycles. The highest BCUT2D eigenvalue weighted by molar-refractivity contribution is 5.84. The van der Waals surface area contributed by atoms with E-state index in [0.717, 1.165) is 12.1 Å². The van der Waals surface area contributed by atoms with Crippen LogP contribution in [0.1, 0.15) is 18.1 Å². The first-order chi connectivity index (χ1) is 7.97. The van der Waals surface area contributed by atoms with Crippen molar-refractivity contribution in [3.63, 3.8) is 0 Å². The molecule has 0 unspecified atom stereocenters. The van der Waals surface area contributed by atoms with E-state index in [1.54, 1.807) is 6.20 Å². The number of aryl methyl sites for hydroxylation is 1. The van der Waals surface area contributed by atoms with Crippen LogP contribution in [0.4, 0.5) is 13.2 Å². The van der Waals surface area contributed by atoms with Crippen LogP contribution in [0, 0.1) is 0 Å². The number of benzene rings is 1. The van der Waals surface area contributed by atoms with Gasteiger partial charge in [0, 0.05) is 29.2 Å². The van der Waals surface area contributed by atoms with Gasteiger partial charge in [-0.05, 0) is 25.1 Å². The van der Waals surface area contributed by atoms with E-state index in [1.807, 2.05) is 11.5 Å². The highest BCUT2D eigenvalue weighted by Crippen LogP contribution is 2.33. The third kappa shape index (κ3) is 2.02. The van der Waals surface area contributed by atoms with Crippen LogP contribution in [-0.4, -0.2) is 9.67 Å². The number of hydrogen-bond donors (Lipinski definition) is 1. The quantitative estimate of drug-likeness (QED) is 0.861. The van der Waals surface area contributed by atoms with Crippen molar-refractivity contribution in [1.82, 2.24) is 4.57 Å². The van der Waals surface area contributed by atoms with Crippen LogP contribution in [0.15, 0.2) is 24.4 Å². The predicted octanol–water partition coefficient (Wildman–Crippen LogP) is 3.17. The fourth-order valence-electron chi connectivity index (χ4n) is 1.93. The summed E-state index contributed by atoms with van der Waals surface area (Å²) in [4.78, 5) is 0. The number of halogens is 3. The summed E-state index contributed by atoms with van der Waals surface area (Å²) in [6, 6.07) is 3.60. The number of aromatic nitrogens is 1. The van der Waals surface area contributed by atoms with Crippen LogP contribution in [0.25, 0.3) is 10.9 Å². The molecule has 2 rings (SSSR count). The molecule has 0 aliphatic carbocycles. The molecule has 0 saturated carbocycles. The van der Waals surface area contributed by atoms with Gasteiger partial charge in [-0.3, -0.25) is 0 Å². The number of fused-ring (bicyclic) bond motifs is 1. The molecule has 0 radical (unpaired) electrons. The van der Waals surface area contributed by atoms with E-state index in [1.165, 1.54) is 6.07 Å². The third-order valence-corrected chi connectivity index (χ3v) is 2.80. The zero-order valence-corrected chi connectivity index (χ0v) is 9.25. The van der Waals surface area contributed by atoms with Gasteiger partial charge in [0.2, 0.25) is 0 Å². The maximum Gasteiger partial charge on any atom is 0.416 e. The Kier molecular flexibility index (Phi) is 2.87. The lowest BCUT2D eigenvalue weighted by atomic mass is 10.1. The van der Waals surface area contributed by atoms with Gasteiger partial charge in [0.15, 0.2) is 0 Å². The van der Waals surface area contributed by atoms with E-state index < -0.39 is 11.7 Å². The molecule has 0 aliphatic rings. The summed E-state index contributed by atoms with van der Waals surface area (Å²) in [7, 11) is 0. The highest BCUT2D eigenvalue weighted by atomic mass is 19.4. The van der Waals surface area contributed by atoms with Crippen LogP contribution in [-0.2, 0) is 19.3 Å². The number of rotatable bonds is 2. The van der Waals surface area contributed by atoms with Crippen molar-refractivity contribution in [2.24, 2.45) is 0 Å². The van der Waals surface area contributed by atoms with Gasteiger partial charge in [0.05, 0.1) is 12.2 Å². The molecule has 2 nitrogen and oxygen atoms in total. The average Bonchev–Trinajstić information content (AvgIpc) is 2.64. The normalized spacial score (nSPS) is 12.3. The SMILES string of the molecule is CCn1cc(CO)c2cc(C(F)(F)F)ccc21. The van der Waals surface area contributed by atoms with Crippen molar-refractivity contribution in [2.45, 2.75) is 26.3 Å². The van der Waals surface area contributed by atoms with E-state index in [0.29, 0.717) is 23.0 Å². The van der Waals surface area contributed by atoms with E-state index in [-0.39, 0.29) is 6.61 Å². The van der Waals surface area contributed by atoms with E-state index in [4.69, 9.17) is 5.11 Å². The van der Waals surface area contributed by atoms with Crippen LogP contribution >= 0.6 is 0 Å². The summed E-state index contributed by atoms with van der Waals surface area (Å²) in [6.07, 6.45) is -2.67. The first kappa shape index (κ1) is 12.0. The summed E-state index contributed by atoms with van der Waals surface area (Å²) in [6.45, 7) is 2.30. The van der Waals surface area contributed by atoms with Gasteiger partial charge < -0.3 is 9.67 Å². The number of nitrogens with zero attached hydrogens (tertiary/aromatic N) is 1. The van der Waals surface area contributed by atoms with Crippen LogP contribution in [0.5, 0.6) is 0 Å². The van der Waals surface area contributed by atoms with Crippen molar-refractivity contribution in [3.8, 4) is 0 Å². The average molecular weight is 243 g/mol. The molecule has 0 amide bonds. The Bertz CT molecular complexity index is 542. The molecule has 5 heteroatoms. The molecular weight excluding hydrogens is 231 g/mol. The zero-order chi connectivity index (χ0) is 12.6. The Labute approximate surface area is 96.3 Å². The summed E-state index contributed by atoms with van der Waals surface area (Å²) >= 11 is 0. The molecule has 2 aromatic rings. The third-order valence-electron chi connectivity index (χ3n) is 2.80. The standard InChI is InChI=1S/C12H12F3NO/c1-2-16-6-8(7-17)10-5-9(12(13,14)15)3-4-11(10)16/h3-6,17H,2,7H2,1H3. The van der Waals surface area contributed by atoms with Gasteiger partial charge in [-0.15, -0.1) is 0 Å². The summed E-state index contributed by atoms with van der Waals surface area (Å²) in [5.74, 6) is 0. The Morgan fingerprint density at radius 2 is 2.00 bits per heavy atom. The van der Waals surface area contributed by atoms with Gasteiger partial charge in [0.1, 0.15) is 0 Å². The van der Waals surface area contributed by atoms with Crippen molar-refractivity contribution in [1.29, 1.82) is 0 Å². The first-order valence-electron chi connectivity index (χ1n) is 5.27. The first-order valence-corrected chi connectivity index (χ1v) is 5.27. The van der Waals surface area contributed by atoms with E-state index >= 15 is 0 Å². The lowest BCUT2D eigenvalue weighted by Crippen LogP contribution is -2.04. The molecule has 1 aromatic carbocycles. The Morgan fingerprint density at radius 3 is 2.53 bits per heavy atom. The minimum atomic E-state index is -4.35. The van der Waals surface area contributed by atoms with Crippen molar-refractivity contribution in [3.05, 3.63) is 35.5 Å². The van der Waals surface area contributed by atoms with E-state index in [2.05, 4.69) is 0 Å². The predicted molar refractivity (Wildman–Crippen MR) is 58.5 cm³/mol. The highest BCUT2D eigenvalue weighted by Gasteiger charge is 2.30. The summed E-state index contributed by atoms with van der Waals surface area (Å²) in [5, 5.41) is 9.61. The van der Waals surface area contributed by atoms with Gasteiger partial charge in [-0.2, -0.15) is 13.2 Å². The van der Waals surface area contributed by atoms with Crippen LogP contribution in [0.2, 0.25) is 0 Å². The number of alkyl halides is 3. The summed E-state index contributed by atoms with van der Waals surface area (Å²) in [5.41, 5.74) is 0.547. The van der Waals surface area contributed by atoms with Crippen molar-refractivity contribution in [2.75, 3.05) is 0 Å².